The van der Waals surface area contributed by atoms with Crippen molar-refractivity contribution in [1.82, 2.24) is 4.31 Å². The summed E-state index contributed by atoms with van der Waals surface area (Å²) in [6.45, 7) is 0.394. The zero-order valence-corrected chi connectivity index (χ0v) is 13.1. The van der Waals surface area contributed by atoms with Gasteiger partial charge < -0.3 is 4.74 Å². The van der Waals surface area contributed by atoms with Gasteiger partial charge in [-0.15, -0.1) is 0 Å². The molecule has 2 aromatic carbocycles. The third-order valence-corrected chi connectivity index (χ3v) is 5.61. The molecule has 1 aliphatic heterocycles. The molecule has 0 saturated carbocycles. The lowest BCUT2D eigenvalue weighted by Gasteiger charge is -2.07. The van der Waals surface area contributed by atoms with Gasteiger partial charge in [0.15, 0.2) is 0 Å². The first-order valence-corrected chi connectivity index (χ1v) is 8.28. The van der Waals surface area contributed by atoms with Crippen LogP contribution in [0.5, 0.6) is 5.75 Å². The third-order valence-electron chi connectivity index (χ3n) is 3.72. The second-order valence-corrected chi connectivity index (χ2v) is 7.01. The van der Waals surface area contributed by atoms with Crippen LogP contribution in [0.1, 0.15) is 11.6 Å². The first-order valence-electron chi connectivity index (χ1n) is 6.84. The molecule has 8 heteroatoms. The molecule has 0 N–H and O–H groups in total. The van der Waals surface area contributed by atoms with Crippen molar-refractivity contribution in [2.24, 2.45) is 0 Å². The molecule has 2 aromatic rings. The van der Waals surface area contributed by atoms with Crippen molar-refractivity contribution in [1.29, 1.82) is 0 Å². The van der Waals surface area contributed by atoms with Crippen molar-refractivity contribution in [3.63, 3.8) is 0 Å². The molecule has 0 aliphatic carbocycles. The van der Waals surface area contributed by atoms with Crippen LogP contribution in [0.3, 0.4) is 0 Å². The summed E-state index contributed by atoms with van der Waals surface area (Å²) in [5.41, 5.74) is 0.748. The fourth-order valence-electron chi connectivity index (χ4n) is 2.36. The van der Waals surface area contributed by atoms with Gasteiger partial charge >= 0.3 is 0 Å². The minimum Gasteiger partial charge on any atom is -0.497 e. The summed E-state index contributed by atoms with van der Waals surface area (Å²) in [4.78, 5) is 10.1. The number of sulfonamides is 1. The molecule has 1 fully saturated rings. The molecule has 0 aromatic heterocycles. The Morgan fingerprint density at radius 1 is 1.13 bits per heavy atom. The fraction of sp³-hybridized carbons (Fsp3) is 0.200. The Morgan fingerprint density at radius 3 is 2.26 bits per heavy atom. The van der Waals surface area contributed by atoms with E-state index in [1.807, 2.05) is 12.1 Å². The third kappa shape index (κ3) is 2.90. The van der Waals surface area contributed by atoms with Crippen molar-refractivity contribution >= 4 is 15.7 Å². The van der Waals surface area contributed by atoms with Gasteiger partial charge in [-0.1, -0.05) is 12.1 Å². The van der Waals surface area contributed by atoms with Crippen LogP contribution in [0.25, 0.3) is 0 Å². The van der Waals surface area contributed by atoms with Crippen LogP contribution in [-0.2, 0) is 10.0 Å². The van der Waals surface area contributed by atoms with Gasteiger partial charge in [-0.05, 0) is 29.8 Å². The predicted octanol–water partition coefficient (Wildman–Crippen LogP) is 2.35. The molecular weight excluding hydrogens is 320 g/mol. The standard InChI is InChI=1S/C15H14N2O5S/c1-22-13-6-2-11(3-7-13)15-10-16(15)23(20,21)14-8-4-12(5-9-14)17(18)19/h2-9,15H,10H2,1H3/t15-,16?/m1/s1. The molecular formula is C15H14N2O5S. The SMILES string of the molecule is COc1ccc([C@H]2CN2S(=O)(=O)c2ccc([N+](=O)[O-])cc2)cc1. The summed E-state index contributed by atoms with van der Waals surface area (Å²) in [5.74, 6) is 0.708. The average Bonchev–Trinajstić information content (AvgIpc) is 3.36. The van der Waals surface area contributed by atoms with Crippen molar-refractivity contribution in [2.75, 3.05) is 13.7 Å². The Kier molecular flexibility index (Phi) is 3.78. The van der Waals surface area contributed by atoms with Gasteiger partial charge in [-0.25, -0.2) is 8.42 Å². The molecule has 3 rings (SSSR count). The fourth-order valence-corrected chi connectivity index (χ4v) is 3.91. The number of methoxy groups -OCH3 is 1. The molecule has 7 nitrogen and oxygen atoms in total. The lowest BCUT2D eigenvalue weighted by Crippen LogP contribution is -2.12. The van der Waals surface area contributed by atoms with Crippen molar-refractivity contribution < 1.29 is 18.1 Å². The van der Waals surface area contributed by atoms with Crippen LogP contribution in [0.15, 0.2) is 53.4 Å². The van der Waals surface area contributed by atoms with E-state index >= 15 is 0 Å². The number of hydrogen-bond acceptors (Lipinski definition) is 5. The zero-order chi connectivity index (χ0) is 16.6. The zero-order valence-electron chi connectivity index (χ0n) is 12.2. The first kappa shape index (κ1) is 15.4. The summed E-state index contributed by atoms with van der Waals surface area (Å²) in [7, 11) is -2.07. The maximum absolute atomic E-state index is 12.5. The number of hydrogen-bond donors (Lipinski definition) is 0. The number of nitro benzene ring substituents is 1. The molecule has 120 valence electrons. The summed E-state index contributed by atoms with van der Waals surface area (Å²) in [6, 6.07) is 11.9. The number of nitrogens with zero attached hydrogens (tertiary/aromatic N) is 2. The normalized spacial score (nSPS) is 20.0. The minimum atomic E-state index is -3.64. The van der Waals surface area contributed by atoms with Gasteiger partial charge in [-0.3, -0.25) is 10.1 Å². The highest BCUT2D eigenvalue weighted by atomic mass is 32.2. The van der Waals surface area contributed by atoms with Gasteiger partial charge in [0.2, 0.25) is 10.0 Å². The number of rotatable bonds is 5. The van der Waals surface area contributed by atoms with E-state index in [1.165, 1.54) is 28.6 Å². The van der Waals surface area contributed by atoms with E-state index in [1.54, 1.807) is 19.2 Å². The molecule has 1 saturated heterocycles. The predicted molar refractivity (Wildman–Crippen MR) is 82.7 cm³/mol. The Labute approximate surface area is 133 Å². The molecule has 23 heavy (non-hydrogen) atoms. The summed E-state index contributed by atoms with van der Waals surface area (Å²) < 4.78 is 31.5. The Balaban J connectivity index is 1.80. The van der Waals surface area contributed by atoms with Gasteiger partial charge in [-0.2, -0.15) is 4.31 Å². The van der Waals surface area contributed by atoms with E-state index in [9.17, 15) is 18.5 Å². The number of benzene rings is 2. The van der Waals surface area contributed by atoms with Gasteiger partial charge in [0.25, 0.3) is 5.69 Å². The van der Waals surface area contributed by atoms with Crippen LogP contribution >= 0.6 is 0 Å². The number of nitro groups is 1. The van der Waals surface area contributed by atoms with Crippen LogP contribution < -0.4 is 4.74 Å². The van der Waals surface area contributed by atoms with Gasteiger partial charge in [0.1, 0.15) is 5.75 Å². The second kappa shape index (κ2) is 5.64. The van der Waals surface area contributed by atoms with E-state index in [4.69, 9.17) is 4.74 Å². The molecule has 1 unspecified atom stereocenters. The van der Waals surface area contributed by atoms with E-state index in [-0.39, 0.29) is 16.6 Å². The monoisotopic (exact) mass is 334 g/mol. The average molecular weight is 334 g/mol. The number of non-ortho nitro benzene ring substituents is 1. The minimum absolute atomic E-state index is 0.0547. The molecule has 0 spiro atoms. The second-order valence-electron chi connectivity index (χ2n) is 5.11. The first-order chi connectivity index (χ1) is 10.9. The Morgan fingerprint density at radius 2 is 1.74 bits per heavy atom. The number of ether oxygens (including phenoxy) is 1. The van der Waals surface area contributed by atoms with Crippen LogP contribution in [0.4, 0.5) is 5.69 Å². The van der Waals surface area contributed by atoms with Crippen LogP contribution in [0.2, 0.25) is 0 Å². The van der Waals surface area contributed by atoms with Crippen LogP contribution in [0, 0.1) is 10.1 Å². The quantitative estimate of drug-likeness (QED) is 0.476. The smallest absolute Gasteiger partial charge is 0.269 e. The molecule has 2 atom stereocenters. The topological polar surface area (TPSA) is 89.5 Å². The molecule has 0 amide bonds. The molecule has 0 radical (unpaired) electrons. The largest absolute Gasteiger partial charge is 0.497 e. The van der Waals surface area contributed by atoms with Crippen LogP contribution in [-0.4, -0.2) is 31.3 Å². The van der Waals surface area contributed by atoms with Crippen molar-refractivity contribution in [3.05, 3.63) is 64.2 Å². The van der Waals surface area contributed by atoms with E-state index in [2.05, 4.69) is 0 Å². The summed E-state index contributed by atoms with van der Waals surface area (Å²) in [5, 5.41) is 10.6. The molecule has 1 heterocycles. The lowest BCUT2D eigenvalue weighted by atomic mass is 10.1. The van der Waals surface area contributed by atoms with Gasteiger partial charge in [0, 0.05) is 18.7 Å². The van der Waals surface area contributed by atoms with E-state index < -0.39 is 14.9 Å². The Bertz CT molecular complexity index is 831. The van der Waals surface area contributed by atoms with E-state index in [0.29, 0.717) is 12.3 Å². The highest BCUT2D eigenvalue weighted by Gasteiger charge is 2.45. The van der Waals surface area contributed by atoms with Gasteiger partial charge in [0.05, 0.1) is 23.0 Å². The van der Waals surface area contributed by atoms with Crippen molar-refractivity contribution in [3.8, 4) is 5.75 Å². The summed E-state index contributed by atoms with van der Waals surface area (Å²) >= 11 is 0. The van der Waals surface area contributed by atoms with Crippen molar-refractivity contribution in [2.45, 2.75) is 10.9 Å². The highest BCUT2D eigenvalue weighted by Crippen LogP contribution is 2.40. The maximum atomic E-state index is 12.5. The highest BCUT2D eigenvalue weighted by molar-refractivity contribution is 7.89. The lowest BCUT2D eigenvalue weighted by molar-refractivity contribution is -0.384. The Hall–Kier alpha value is -2.45. The molecule has 0 bridgehead atoms. The molecule has 1 aliphatic rings. The maximum Gasteiger partial charge on any atom is 0.269 e. The summed E-state index contributed by atoms with van der Waals surface area (Å²) in [6.07, 6.45) is 0. The van der Waals surface area contributed by atoms with E-state index in [0.717, 1.165) is 5.56 Å².